The van der Waals surface area contributed by atoms with Gasteiger partial charge in [0.2, 0.25) is 0 Å². The molecule has 0 heterocycles. The maximum absolute atomic E-state index is 11.0. The fraction of sp³-hybridized carbons (Fsp3) is 0.417. The highest BCUT2D eigenvalue weighted by Crippen LogP contribution is 2.09. The van der Waals surface area contributed by atoms with E-state index in [9.17, 15) is 9.90 Å². The third-order valence-electron chi connectivity index (χ3n) is 2.46. The van der Waals surface area contributed by atoms with Crippen molar-refractivity contribution in [2.24, 2.45) is 0 Å². The Morgan fingerprint density at radius 2 is 1.94 bits per heavy atom. The molecule has 88 valence electrons. The molecule has 2 unspecified atom stereocenters. The van der Waals surface area contributed by atoms with Crippen molar-refractivity contribution in [1.82, 2.24) is 4.90 Å². The molecule has 0 aliphatic heterocycles. The molecule has 1 rings (SSSR count). The summed E-state index contributed by atoms with van der Waals surface area (Å²) >= 11 is 0. The summed E-state index contributed by atoms with van der Waals surface area (Å²) in [6.45, 7) is 1.99. The first-order valence-electron chi connectivity index (χ1n) is 5.17. The van der Waals surface area contributed by atoms with Gasteiger partial charge in [-0.2, -0.15) is 0 Å². The van der Waals surface area contributed by atoms with E-state index in [1.54, 1.807) is 11.9 Å². The lowest BCUT2D eigenvalue weighted by Crippen LogP contribution is -2.45. The van der Waals surface area contributed by atoms with E-state index in [1.165, 1.54) is 6.92 Å². The number of carboxylic acid groups (broad SMARTS) is 1. The molecule has 0 aliphatic rings. The zero-order chi connectivity index (χ0) is 12.1. The zero-order valence-electron chi connectivity index (χ0n) is 9.50. The van der Waals surface area contributed by atoms with Gasteiger partial charge < -0.3 is 10.2 Å². The Morgan fingerprint density at radius 1 is 1.38 bits per heavy atom. The Morgan fingerprint density at radius 3 is 2.38 bits per heavy atom. The number of aliphatic hydroxyl groups is 1. The third kappa shape index (κ3) is 3.32. The van der Waals surface area contributed by atoms with Crippen molar-refractivity contribution in [2.45, 2.75) is 25.6 Å². The monoisotopic (exact) mass is 223 g/mol. The average Bonchev–Trinajstić information content (AvgIpc) is 2.17. The molecular formula is C12H17NO3. The summed E-state index contributed by atoms with van der Waals surface area (Å²) in [5.41, 5.74) is 1.02. The number of carboxylic acids is 1. The van der Waals surface area contributed by atoms with Gasteiger partial charge in [0.1, 0.15) is 6.04 Å². The van der Waals surface area contributed by atoms with Gasteiger partial charge in [0, 0.05) is 6.54 Å². The Balaban J connectivity index is 2.70. The van der Waals surface area contributed by atoms with E-state index >= 15 is 0 Å². The Bertz CT molecular complexity index is 337. The summed E-state index contributed by atoms with van der Waals surface area (Å²) < 4.78 is 0. The molecule has 0 aromatic heterocycles. The molecule has 0 radical (unpaired) electrons. The number of likely N-dealkylation sites (N-methyl/N-ethyl adjacent to an activating group) is 1. The van der Waals surface area contributed by atoms with Crippen molar-refractivity contribution >= 4 is 5.97 Å². The molecule has 0 saturated carbocycles. The smallest absolute Gasteiger partial charge is 0.323 e. The molecule has 16 heavy (non-hydrogen) atoms. The van der Waals surface area contributed by atoms with Crippen LogP contribution in [-0.4, -0.2) is 40.3 Å². The number of aliphatic carboxylic acids is 1. The molecule has 0 amide bonds. The molecular weight excluding hydrogens is 206 g/mol. The largest absolute Gasteiger partial charge is 0.480 e. The molecule has 0 fully saturated rings. The quantitative estimate of drug-likeness (QED) is 0.780. The van der Waals surface area contributed by atoms with Crippen LogP contribution in [0.25, 0.3) is 0 Å². The van der Waals surface area contributed by atoms with Gasteiger partial charge in [-0.25, -0.2) is 0 Å². The summed E-state index contributed by atoms with van der Waals surface area (Å²) in [5, 5.41) is 18.4. The van der Waals surface area contributed by atoms with E-state index in [0.29, 0.717) is 6.54 Å². The minimum Gasteiger partial charge on any atom is -0.480 e. The average molecular weight is 223 g/mol. The second-order valence-corrected chi connectivity index (χ2v) is 3.92. The molecule has 2 N–H and O–H groups in total. The number of hydrogen-bond donors (Lipinski definition) is 2. The molecule has 0 spiro atoms. The van der Waals surface area contributed by atoms with Crippen LogP contribution in [0.5, 0.6) is 0 Å². The Labute approximate surface area is 95.1 Å². The van der Waals surface area contributed by atoms with Crippen LogP contribution in [0.3, 0.4) is 0 Å². The van der Waals surface area contributed by atoms with Crippen LogP contribution in [0.15, 0.2) is 30.3 Å². The van der Waals surface area contributed by atoms with E-state index in [2.05, 4.69) is 0 Å². The molecule has 0 saturated heterocycles. The molecule has 0 bridgehead atoms. The van der Waals surface area contributed by atoms with E-state index in [-0.39, 0.29) is 0 Å². The predicted molar refractivity (Wildman–Crippen MR) is 61.0 cm³/mol. The summed E-state index contributed by atoms with van der Waals surface area (Å²) in [5.74, 6) is -1.01. The maximum Gasteiger partial charge on any atom is 0.323 e. The molecule has 0 aliphatic carbocycles. The van der Waals surface area contributed by atoms with Crippen LogP contribution in [0.2, 0.25) is 0 Å². The number of benzene rings is 1. The second-order valence-electron chi connectivity index (χ2n) is 3.92. The number of rotatable bonds is 5. The highest BCUT2D eigenvalue weighted by molar-refractivity contribution is 5.74. The van der Waals surface area contributed by atoms with Crippen LogP contribution in [0.4, 0.5) is 0 Å². The first-order valence-corrected chi connectivity index (χ1v) is 5.17. The highest BCUT2D eigenvalue weighted by atomic mass is 16.4. The van der Waals surface area contributed by atoms with Crippen molar-refractivity contribution in [3.05, 3.63) is 35.9 Å². The summed E-state index contributed by atoms with van der Waals surface area (Å²) in [6.07, 6.45) is -0.897. The Kier molecular flexibility index (Phi) is 4.46. The molecule has 4 heteroatoms. The number of hydrogen-bond acceptors (Lipinski definition) is 3. The van der Waals surface area contributed by atoms with E-state index in [4.69, 9.17) is 5.11 Å². The second kappa shape index (κ2) is 5.63. The van der Waals surface area contributed by atoms with Crippen molar-refractivity contribution in [3.8, 4) is 0 Å². The lowest BCUT2D eigenvalue weighted by molar-refractivity contribution is -0.146. The summed E-state index contributed by atoms with van der Waals surface area (Å²) in [7, 11) is 1.69. The highest BCUT2D eigenvalue weighted by Gasteiger charge is 2.27. The predicted octanol–water partition coefficient (Wildman–Crippen LogP) is 0.952. The van der Waals surface area contributed by atoms with Crippen LogP contribution >= 0.6 is 0 Å². The fourth-order valence-electron chi connectivity index (χ4n) is 1.73. The van der Waals surface area contributed by atoms with Crippen LogP contribution < -0.4 is 0 Å². The Hall–Kier alpha value is -1.39. The van der Waals surface area contributed by atoms with Crippen LogP contribution in [-0.2, 0) is 11.3 Å². The standard InChI is InChI=1S/C12H17NO3/c1-9(14)11(12(15)16)13(2)8-10-6-4-3-5-7-10/h3-7,9,11,14H,8H2,1-2H3,(H,15,16). The van der Waals surface area contributed by atoms with E-state index < -0.39 is 18.1 Å². The van der Waals surface area contributed by atoms with Crippen molar-refractivity contribution in [3.63, 3.8) is 0 Å². The first kappa shape index (κ1) is 12.7. The minimum absolute atomic E-state index is 0.503. The summed E-state index contributed by atoms with van der Waals surface area (Å²) in [4.78, 5) is 12.6. The fourth-order valence-corrected chi connectivity index (χ4v) is 1.73. The van der Waals surface area contributed by atoms with Crippen molar-refractivity contribution in [1.29, 1.82) is 0 Å². The number of aliphatic hydroxyl groups excluding tert-OH is 1. The topological polar surface area (TPSA) is 60.8 Å². The van der Waals surface area contributed by atoms with Gasteiger partial charge in [0.05, 0.1) is 6.10 Å². The van der Waals surface area contributed by atoms with Crippen LogP contribution in [0, 0.1) is 0 Å². The van der Waals surface area contributed by atoms with Gasteiger partial charge in [-0.15, -0.1) is 0 Å². The molecule has 2 atom stereocenters. The van der Waals surface area contributed by atoms with Gasteiger partial charge in [0.15, 0.2) is 0 Å². The summed E-state index contributed by atoms with van der Waals surface area (Å²) in [6, 6.07) is 8.70. The SMILES string of the molecule is CC(O)C(C(=O)O)N(C)Cc1ccccc1. The van der Waals surface area contributed by atoms with Crippen LogP contribution in [0.1, 0.15) is 12.5 Å². The van der Waals surface area contributed by atoms with Gasteiger partial charge in [-0.3, -0.25) is 9.69 Å². The first-order chi connectivity index (χ1) is 7.52. The molecule has 1 aromatic rings. The lowest BCUT2D eigenvalue weighted by Gasteiger charge is -2.26. The van der Waals surface area contributed by atoms with Gasteiger partial charge in [0.25, 0.3) is 0 Å². The number of carbonyl (C=O) groups is 1. The van der Waals surface area contributed by atoms with E-state index in [1.807, 2.05) is 30.3 Å². The lowest BCUT2D eigenvalue weighted by atomic mass is 10.1. The van der Waals surface area contributed by atoms with Crippen molar-refractivity contribution in [2.75, 3.05) is 7.05 Å². The van der Waals surface area contributed by atoms with Gasteiger partial charge in [-0.1, -0.05) is 30.3 Å². The zero-order valence-corrected chi connectivity index (χ0v) is 9.50. The number of nitrogens with zero attached hydrogens (tertiary/aromatic N) is 1. The van der Waals surface area contributed by atoms with Gasteiger partial charge >= 0.3 is 5.97 Å². The molecule has 4 nitrogen and oxygen atoms in total. The maximum atomic E-state index is 11.0. The minimum atomic E-state index is -1.01. The van der Waals surface area contributed by atoms with Crippen molar-refractivity contribution < 1.29 is 15.0 Å². The van der Waals surface area contributed by atoms with E-state index in [0.717, 1.165) is 5.56 Å². The van der Waals surface area contributed by atoms with Gasteiger partial charge in [-0.05, 0) is 19.5 Å². The third-order valence-corrected chi connectivity index (χ3v) is 2.46. The molecule has 1 aromatic carbocycles. The normalized spacial score (nSPS) is 14.8.